The van der Waals surface area contributed by atoms with Crippen LogP contribution in [-0.2, 0) is 0 Å². The predicted octanol–water partition coefficient (Wildman–Crippen LogP) is 11.1. The quantitative estimate of drug-likeness (QED) is 0.187. The van der Waals surface area contributed by atoms with E-state index in [4.69, 9.17) is 21.8 Å². The van der Waals surface area contributed by atoms with Crippen molar-refractivity contribution in [2.75, 3.05) is 0 Å². The predicted molar refractivity (Wildman–Crippen MR) is 205 cm³/mol. The van der Waals surface area contributed by atoms with Crippen LogP contribution in [0.15, 0.2) is 176 Å². The molecule has 5 heteroatoms. The van der Waals surface area contributed by atoms with Gasteiger partial charge in [-0.05, 0) is 47.5 Å². The van der Waals surface area contributed by atoms with Crippen LogP contribution in [0.2, 0.25) is 0 Å². The van der Waals surface area contributed by atoms with Gasteiger partial charge in [0, 0.05) is 38.4 Å². The van der Waals surface area contributed by atoms with E-state index in [2.05, 4.69) is 83.4 Å². The molecule has 3 heterocycles. The van der Waals surface area contributed by atoms with E-state index >= 15 is 0 Å². The zero-order chi connectivity index (χ0) is 37.4. The highest BCUT2D eigenvalue weighted by atomic mass is 15.2. The van der Waals surface area contributed by atoms with Crippen LogP contribution >= 0.6 is 0 Å². The van der Waals surface area contributed by atoms with Gasteiger partial charge in [0.05, 0.1) is 28.9 Å². The lowest BCUT2D eigenvalue weighted by Gasteiger charge is -2.12. The summed E-state index contributed by atoms with van der Waals surface area (Å²) in [5.41, 5.74) is 7.67. The largest absolute Gasteiger partial charge is 0.309 e. The van der Waals surface area contributed by atoms with Crippen LogP contribution in [-0.4, -0.2) is 24.1 Å². The fraction of sp³-hybridized carbons (Fsp3) is 0. The summed E-state index contributed by atoms with van der Waals surface area (Å²) in [5.74, 6) is 0.559. The minimum Gasteiger partial charge on any atom is -0.309 e. The lowest BCUT2D eigenvalue weighted by Crippen LogP contribution is -2.06. The molecule has 0 saturated heterocycles. The first-order chi connectivity index (χ1) is 26.9. The Morgan fingerprint density at radius 3 is 1.56 bits per heavy atom. The van der Waals surface area contributed by atoms with E-state index in [-0.39, 0.29) is 29.4 Å². The molecular formula is C45H29N5. The van der Waals surface area contributed by atoms with E-state index < -0.39 is 18.1 Å². The summed E-state index contributed by atoms with van der Waals surface area (Å²) in [6.45, 7) is 0. The highest BCUT2D eigenvalue weighted by Gasteiger charge is 2.21. The second-order valence-corrected chi connectivity index (χ2v) is 12.2. The SMILES string of the molecule is [2H]c1c([2H])c([2H])c(-c2nc(-c3ccccc3)nc(-n3c4ccccc4c4cc5c6ccccc6n(-c6ccc(-c7ccccc7)cc6)c5cc43)n2)c([2H])c1[2H]. The molecule has 0 radical (unpaired) electrons. The number of hydrogen-bond donors (Lipinski definition) is 0. The van der Waals surface area contributed by atoms with Gasteiger partial charge in [0.2, 0.25) is 5.95 Å². The average Bonchev–Trinajstić information content (AvgIpc) is 3.74. The Morgan fingerprint density at radius 1 is 0.380 bits per heavy atom. The van der Waals surface area contributed by atoms with Gasteiger partial charge in [0.1, 0.15) is 0 Å². The van der Waals surface area contributed by atoms with Gasteiger partial charge in [-0.15, -0.1) is 0 Å². The summed E-state index contributed by atoms with van der Waals surface area (Å²) in [6.07, 6.45) is 0. The molecule has 0 unspecified atom stereocenters. The average molecular weight is 645 g/mol. The van der Waals surface area contributed by atoms with E-state index in [1.54, 1.807) is 0 Å². The van der Waals surface area contributed by atoms with Gasteiger partial charge >= 0.3 is 0 Å². The zero-order valence-corrected chi connectivity index (χ0v) is 26.6. The van der Waals surface area contributed by atoms with E-state index in [9.17, 15) is 0 Å². The Hall–Kier alpha value is -6.85. The van der Waals surface area contributed by atoms with Gasteiger partial charge in [-0.3, -0.25) is 4.57 Å². The van der Waals surface area contributed by atoms with E-state index in [0.717, 1.165) is 60.4 Å². The first kappa shape index (κ1) is 23.5. The second-order valence-electron chi connectivity index (χ2n) is 12.2. The molecule has 0 spiro atoms. The minimum atomic E-state index is -0.479. The van der Waals surface area contributed by atoms with Crippen LogP contribution in [0.5, 0.6) is 0 Å². The molecule has 0 saturated carbocycles. The highest BCUT2D eigenvalue weighted by molar-refractivity contribution is 6.19. The lowest BCUT2D eigenvalue weighted by atomic mass is 10.1. The molecule has 50 heavy (non-hydrogen) atoms. The van der Waals surface area contributed by atoms with Gasteiger partial charge in [0.15, 0.2) is 11.6 Å². The summed E-state index contributed by atoms with van der Waals surface area (Å²) in [4.78, 5) is 14.7. The van der Waals surface area contributed by atoms with Gasteiger partial charge in [-0.1, -0.05) is 139 Å². The molecule has 234 valence electrons. The Bertz CT molecular complexity index is 3110. The van der Waals surface area contributed by atoms with Crippen molar-refractivity contribution in [3.63, 3.8) is 0 Å². The Kier molecular flexibility index (Phi) is 5.35. The number of rotatable bonds is 5. The molecule has 0 atom stereocenters. The summed E-state index contributed by atoms with van der Waals surface area (Å²) < 4.78 is 46.8. The normalized spacial score (nSPS) is 13.0. The molecule has 5 nitrogen and oxygen atoms in total. The molecule has 0 amide bonds. The first-order valence-corrected chi connectivity index (χ1v) is 16.4. The molecule has 0 aliphatic carbocycles. The van der Waals surface area contributed by atoms with Crippen molar-refractivity contribution < 1.29 is 6.85 Å². The third-order valence-electron chi connectivity index (χ3n) is 9.28. The van der Waals surface area contributed by atoms with Crippen molar-refractivity contribution in [3.05, 3.63) is 176 Å². The molecule has 0 aliphatic rings. The lowest BCUT2D eigenvalue weighted by molar-refractivity contribution is 0.953. The summed E-state index contributed by atoms with van der Waals surface area (Å²) >= 11 is 0. The molecular weight excluding hydrogens is 611 g/mol. The second kappa shape index (κ2) is 11.4. The van der Waals surface area contributed by atoms with Gasteiger partial charge < -0.3 is 4.57 Å². The summed E-state index contributed by atoms with van der Waals surface area (Å²) in [5, 5.41) is 4.21. The maximum absolute atomic E-state index is 8.78. The van der Waals surface area contributed by atoms with Gasteiger partial charge in [-0.25, -0.2) is 4.98 Å². The van der Waals surface area contributed by atoms with E-state index in [1.165, 1.54) is 0 Å². The fourth-order valence-corrected chi connectivity index (χ4v) is 7.01. The molecule has 10 aromatic rings. The molecule has 0 bridgehead atoms. The standard InChI is InChI=1S/C45H29N5/c1-4-14-30(15-5-1)31-24-26-34(27-25-31)49-39-22-12-10-20-35(39)37-28-38-36-21-11-13-23-40(36)50(42(38)29-41(37)49)45-47-43(32-16-6-2-7-17-32)46-44(48-45)33-18-8-3-9-19-33/h1-29H/i2D,6D,7D,16D,17D. The molecule has 0 aliphatic heterocycles. The molecule has 7 aromatic carbocycles. The highest BCUT2D eigenvalue weighted by Crippen LogP contribution is 2.39. The van der Waals surface area contributed by atoms with Crippen LogP contribution in [0.4, 0.5) is 0 Å². The number of fused-ring (bicyclic) bond motifs is 6. The van der Waals surface area contributed by atoms with Crippen molar-refractivity contribution in [2.24, 2.45) is 0 Å². The maximum Gasteiger partial charge on any atom is 0.238 e. The number of hydrogen-bond acceptors (Lipinski definition) is 3. The minimum absolute atomic E-state index is 0.0134. The number of aromatic nitrogens is 5. The smallest absolute Gasteiger partial charge is 0.238 e. The van der Waals surface area contributed by atoms with Crippen molar-refractivity contribution >= 4 is 43.6 Å². The first-order valence-electron chi connectivity index (χ1n) is 18.9. The van der Waals surface area contributed by atoms with Crippen LogP contribution in [0.1, 0.15) is 6.85 Å². The third-order valence-corrected chi connectivity index (χ3v) is 9.28. The molecule has 0 N–H and O–H groups in total. The monoisotopic (exact) mass is 644 g/mol. The summed E-state index contributed by atoms with van der Waals surface area (Å²) in [7, 11) is 0. The number of benzene rings is 7. The van der Waals surface area contributed by atoms with Crippen molar-refractivity contribution in [1.29, 1.82) is 0 Å². The maximum atomic E-state index is 8.78. The Morgan fingerprint density at radius 2 is 0.900 bits per heavy atom. The van der Waals surface area contributed by atoms with Crippen LogP contribution in [0.3, 0.4) is 0 Å². The van der Waals surface area contributed by atoms with Crippen LogP contribution in [0, 0.1) is 0 Å². The topological polar surface area (TPSA) is 48.5 Å². The third kappa shape index (κ3) is 4.52. The number of nitrogens with zero attached hydrogens (tertiary/aromatic N) is 5. The van der Waals surface area contributed by atoms with E-state index in [0.29, 0.717) is 11.4 Å². The fourth-order valence-electron chi connectivity index (χ4n) is 7.01. The van der Waals surface area contributed by atoms with Crippen LogP contribution < -0.4 is 0 Å². The van der Waals surface area contributed by atoms with Gasteiger partial charge in [0.25, 0.3) is 0 Å². The van der Waals surface area contributed by atoms with Crippen molar-refractivity contribution in [1.82, 2.24) is 24.1 Å². The molecule has 10 rings (SSSR count). The van der Waals surface area contributed by atoms with E-state index in [1.807, 2.05) is 71.3 Å². The van der Waals surface area contributed by atoms with Crippen molar-refractivity contribution in [2.45, 2.75) is 0 Å². The molecule has 3 aromatic heterocycles. The zero-order valence-electron chi connectivity index (χ0n) is 31.6. The van der Waals surface area contributed by atoms with Crippen molar-refractivity contribution in [3.8, 4) is 45.5 Å². The van der Waals surface area contributed by atoms with Gasteiger partial charge in [-0.2, -0.15) is 9.97 Å². The number of para-hydroxylation sites is 2. The Labute approximate surface area is 295 Å². The summed E-state index contributed by atoms with van der Waals surface area (Å²) in [6, 6.07) is 47.1. The Balaban J connectivity index is 1.28. The molecule has 0 fully saturated rings. The van der Waals surface area contributed by atoms with Crippen LogP contribution in [0.25, 0.3) is 89.2 Å².